The highest BCUT2D eigenvalue weighted by atomic mass is 32.2. The maximum Gasteiger partial charge on any atom is 0.460 e. The highest BCUT2D eigenvalue weighted by Gasteiger charge is 2.81. The molecule has 274 valence electrons. The van der Waals surface area contributed by atoms with Crippen LogP contribution in [-0.2, 0) is 6.42 Å². The predicted octanol–water partition coefficient (Wildman–Crippen LogP) is 9.70. The van der Waals surface area contributed by atoms with E-state index in [1.54, 1.807) is 6.07 Å². The second-order valence-electron chi connectivity index (χ2n) is 15.2. The Morgan fingerprint density at radius 1 is 0.896 bits per heavy atom. The number of nitrogens with zero attached hydrogens (tertiary/aromatic N) is 1. The van der Waals surface area contributed by atoms with E-state index in [4.69, 9.17) is 0 Å². The Labute approximate surface area is 281 Å². The molecule has 4 unspecified atom stereocenters. The van der Waals surface area contributed by atoms with Crippen LogP contribution >= 0.6 is 11.8 Å². The summed E-state index contributed by atoms with van der Waals surface area (Å²) in [6, 6.07) is 5.84. The Bertz CT molecular complexity index is 1270. The molecule has 4 aliphatic carbocycles. The normalized spacial score (nSPS) is 30.0. The molecular weight excluding hydrogens is 669 g/mol. The number of unbranched alkanes of at least 4 members (excludes halogenated alkanes) is 2. The van der Waals surface area contributed by atoms with E-state index in [1.165, 1.54) is 11.1 Å². The molecule has 0 amide bonds. The van der Waals surface area contributed by atoms with Crippen LogP contribution in [0, 0.1) is 28.6 Å². The van der Waals surface area contributed by atoms with Gasteiger partial charge in [0.15, 0.2) is 0 Å². The van der Waals surface area contributed by atoms with Gasteiger partial charge in [0.2, 0.25) is 0 Å². The van der Waals surface area contributed by atoms with E-state index in [1.807, 2.05) is 13.1 Å². The lowest BCUT2D eigenvalue weighted by molar-refractivity contribution is -0.396. The van der Waals surface area contributed by atoms with Crippen molar-refractivity contribution in [3.05, 3.63) is 29.3 Å². The molecule has 0 saturated heterocycles. The van der Waals surface area contributed by atoms with Crippen molar-refractivity contribution in [3.63, 3.8) is 0 Å². The average molecular weight is 718 g/mol. The summed E-state index contributed by atoms with van der Waals surface area (Å²) in [5.74, 6) is -17.0. The fraction of sp³-hybridized carbons (Fsp3) is 0.829. The zero-order chi connectivity index (χ0) is 35.3. The summed E-state index contributed by atoms with van der Waals surface area (Å²) in [5.41, 5.74) is 2.89. The third kappa shape index (κ3) is 6.71. The minimum atomic E-state index is -6.83. The number of phenols is 1. The van der Waals surface area contributed by atoms with E-state index in [2.05, 4.69) is 17.9 Å². The number of hydrogen-bond acceptors (Lipinski definition) is 4. The number of thioether (sulfide) groups is 1. The van der Waals surface area contributed by atoms with Crippen LogP contribution < -0.4 is 0 Å². The Kier molecular flexibility index (Phi) is 10.8. The van der Waals surface area contributed by atoms with Crippen molar-refractivity contribution in [3.8, 4) is 5.75 Å². The molecule has 0 bridgehead atoms. The van der Waals surface area contributed by atoms with E-state index >= 15 is 0 Å². The average Bonchev–Trinajstić information content (AvgIpc) is 3.78. The molecule has 0 aliphatic heterocycles. The van der Waals surface area contributed by atoms with Crippen molar-refractivity contribution in [2.45, 2.75) is 120 Å². The molecule has 3 nitrogen and oxygen atoms in total. The number of halogens is 9. The van der Waals surface area contributed by atoms with Gasteiger partial charge in [-0.2, -0.15) is 51.3 Å². The van der Waals surface area contributed by atoms with Gasteiger partial charge < -0.3 is 15.1 Å². The van der Waals surface area contributed by atoms with E-state index in [0.717, 1.165) is 82.5 Å². The summed E-state index contributed by atoms with van der Waals surface area (Å²) in [6.45, 7) is 3.83. The van der Waals surface area contributed by atoms with E-state index in [9.17, 15) is 49.7 Å². The van der Waals surface area contributed by atoms with Crippen LogP contribution in [0.5, 0.6) is 5.75 Å². The van der Waals surface area contributed by atoms with Crippen molar-refractivity contribution in [2.75, 3.05) is 31.6 Å². The zero-order valence-electron chi connectivity index (χ0n) is 27.6. The van der Waals surface area contributed by atoms with E-state index in [0.29, 0.717) is 42.4 Å². The highest BCUT2D eigenvalue weighted by molar-refractivity contribution is 7.99. The number of aromatic hydroxyl groups is 1. The smallest absolute Gasteiger partial charge is 0.460 e. The second kappa shape index (κ2) is 13.7. The van der Waals surface area contributed by atoms with Gasteiger partial charge in [-0.15, -0.1) is 0 Å². The molecular formula is C35H48F9NO2S. The minimum Gasteiger partial charge on any atom is -0.508 e. The lowest BCUT2D eigenvalue weighted by Gasteiger charge is -2.54. The fourth-order valence-electron chi connectivity index (χ4n) is 9.70. The number of fused-ring (bicyclic) bond motifs is 6. The van der Waals surface area contributed by atoms with Crippen molar-refractivity contribution in [1.29, 1.82) is 0 Å². The second-order valence-corrected chi connectivity index (χ2v) is 16.4. The van der Waals surface area contributed by atoms with Crippen LogP contribution in [0.15, 0.2) is 18.2 Å². The van der Waals surface area contributed by atoms with E-state index in [-0.39, 0.29) is 22.7 Å². The Hall–Kier alpha value is -1.34. The summed E-state index contributed by atoms with van der Waals surface area (Å²) in [5, 5.41) is 21.4. The van der Waals surface area contributed by atoms with Crippen LogP contribution in [-0.4, -0.2) is 76.8 Å². The maximum absolute atomic E-state index is 13.7. The zero-order valence-corrected chi connectivity index (χ0v) is 28.4. The predicted molar refractivity (Wildman–Crippen MR) is 168 cm³/mol. The van der Waals surface area contributed by atoms with Crippen LogP contribution in [0.1, 0.15) is 94.6 Å². The Morgan fingerprint density at radius 3 is 2.25 bits per heavy atom. The standard InChI is InChI=1S/C35H48F9NO2S/c1-30-11-10-26-25-9-8-24(46)20-23(25)19-22(29(26)27(30)21-28(47)31(30)12-13-31)7-4-3-5-15-45(2)16-6-17-48-18-14-32(36,37)33(38,39)34(40,41)35(42,43)44/h8-9,20,22,26-29,46-47H,3-7,10-19,21H2,1-2H3/t22?,26?,27?,28-,29?,30+/m1/s1. The SMILES string of the molecule is CN(CCCCCC1Cc2cc(O)ccc2C2CC[C@@]3(C)C(C[C@@H](O)C34CC4)C12)CCCSCCC(F)(F)C(F)(F)C(F)(F)C(F)(F)F. The molecule has 1 aromatic carbocycles. The van der Waals surface area contributed by atoms with Gasteiger partial charge in [-0.1, -0.05) is 25.8 Å². The summed E-state index contributed by atoms with van der Waals surface area (Å²) < 4.78 is 117. The maximum atomic E-state index is 13.7. The molecule has 2 N–H and O–H groups in total. The molecule has 48 heavy (non-hydrogen) atoms. The van der Waals surface area contributed by atoms with Gasteiger partial charge >= 0.3 is 23.9 Å². The van der Waals surface area contributed by atoms with Gasteiger partial charge in [0, 0.05) is 11.8 Å². The monoisotopic (exact) mass is 717 g/mol. The number of aliphatic hydroxyl groups is 1. The molecule has 13 heteroatoms. The van der Waals surface area contributed by atoms with Crippen LogP contribution in [0.3, 0.4) is 0 Å². The van der Waals surface area contributed by atoms with Crippen LogP contribution in [0.2, 0.25) is 0 Å². The number of phenolic OH excluding ortho intramolecular Hbond substituents is 1. The molecule has 0 radical (unpaired) electrons. The fourth-order valence-corrected chi connectivity index (χ4v) is 10.6. The Morgan fingerprint density at radius 2 is 1.58 bits per heavy atom. The number of hydrogen-bond donors (Lipinski definition) is 2. The van der Waals surface area contributed by atoms with Gasteiger partial charge in [-0.25, -0.2) is 0 Å². The van der Waals surface area contributed by atoms with E-state index < -0.39 is 36.1 Å². The molecule has 1 aromatic rings. The topological polar surface area (TPSA) is 43.7 Å². The molecule has 0 heterocycles. The van der Waals surface area contributed by atoms with Crippen molar-refractivity contribution < 1.29 is 49.7 Å². The highest BCUT2D eigenvalue weighted by Crippen LogP contribution is 2.76. The summed E-state index contributed by atoms with van der Waals surface area (Å²) >= 11 is 0.822. The third-order valence-electron chi connectivity index (χ3n) is 12.5. The van der Waals surface area contributed by atoms with Gasteiger partial charge in [0.1, 0.15) is 5.75 Å². The lowest BCUT2D eigenvalue weighted by atomic mass is 9.50. The van der Waals surface area contributed by atoms with Crippen LogP contribution in [0.4, 0.5) is 39.5 Å². The van der Waals surface area contributed by atoms with Crippen molar-refractivity contribution >= 4 is 11.8 Å². The van der Waals surface area contributed by atoms with Gasteiger partial charge in [0.25, 0.3) is 0 Å². The molecule has 3 fully saturated rings. The molecule has 3 saturated carbocycles. The van der Waals surface area contributed by atoms with Crippen LogP contribution in [0.25, 0.3) is 0 Å². The number of rotatable bonds is 15. The molecule has 0 aromatic heterocycles. The summed E-state index contributed by atoms with van der Waals surface area (Å²) in [7, 11) is 1.91. The molecule has 5 rings (SSSR count). The minimum absolute atomic E-state index is 0.0969. The molecule has 1 spiro atoms. The molecule has 6 atom stereocenters. The van der Waals surface area contributed by atoms with Gasteiger partial charge in [0.05, 0.1) is 6.10 Å². The van der Waals surface area contributed by atoms with Gasteiger partial charge in [-0.05, 0) is 142 Å². The van der Waals surface area contributed by atoms with Crippen molar-refractivity contribution in [1.82, 2.24) is 4.90 Å². The molecule has 4 aliphatic rings. The first-order valence-electron chi connectivity index (χ1n) is 17.3. The Balaban J connectivity index is 1.04. The third-order valence-corrected chi connectivity index (χ3v) is 13.6. The quantitative estimate of drug-likeness (QED) is 0.140. The summed E-state index contributed by atoms with van der Waals surface area (Å²) in [6.07, 6.45) is 2.14. The van der Waals surface area contributed by atoms with Gasteiger partial charge in [-0.3, -0.25) is 0 Å². The first-order chi connectivity index (χ1) is 22.3. The number of benzene rings is 1. The lowest BCUT2D eigenvalue weighted by Crippen LogP contribution is -2.60. The first-order valence-corrected chi connectivity index (χ1v) is 18.4. The first kappa shape index (κ1) is 37.9. The summed E-state index contributed by atoms with van der Waals surface area (Å²) in [4.78, 5) is 2.07. The number of aliphatic hydroxyl groups excluding tert-OH is 1. The van der Waals surface area contributed by atoms with Crippen molar-refractivity contribution in [2.24, 2.45) is 28.6 Å². The largest absolute Gasteiger partial charge is 0.508 e. The number of alkyl halides is 9.